The minimum atomic E-state index is -1.21. The molecule has 0 spiro atoms. The molecule has 0 saturated carbocycles. The van der Waals surface area contributed by atoms with Gasteiger partial charge in [0.05, 0.1) is 7.11 Å². The molecule has 5 heterocycles. The van der Waals surface area contributed by atoms with Crippen LogP contribution in [0.1, 0.15) is 122 Å². The van der Waals surface area contributed by atoms with Gasteiger partial charge in [-0.1, -0.05) is 98.9 Å². The molecule has 1 fully saturated rings. The zero-order valence-corrected chi connectivity index (χ0v) is 33.0. The van der Waals surface area contributed by atoms with E-state index in [9.17, 15) is 14.4 Å². The Labute approximate surface area is 329 Å². The van der Waals surface area contributed by atoms with E-state index in [1.54, 1.807) is 0 Å². The van der Waals surface area contributed by atoms with Gasteiger partial charge >= 0.3 is 35.0 Å². The number of carbonyl (C=O) groups excluding carboxylic acids is 3. The molecule has 10 heteroatoms. The van der Waals surface area contributed by atoms with Crippen LogP contribution < -0.4 is 25.7 Å². The third-order valence-electron chi connectivity index (χ3n) is 10.7. The molecule has 276 valence electrons. The maximum Gasteiger partial charge on any atom is 2.00 e. The van der Waals surface area contributed by atoms with Crippen LogP contribution in [0, 0.1) is 38.5 Å². The summed E-state index contributed by atoms with van der Waals surface area (Å²) >= 11 is 0. The number of aromatic nitrogens is 3. The summed E-state index contributed by atoms with van der Waals surface area (Å²) in [6.45, 7) is 18.5. The topological polar surface area (TPSA) is 126 Å². The van der Waals surface area contributed by atoms with Gasteiger partial charge in [-0.2, -0.15) is 11.4 Å². The SMILES string of the molecule is C.C=Cc1c2[n-]c(c1C)/C=C1\[N-]/C(=C3\c4[n-]c(c(C)c4C(=O)[C@@H]3C(=O)OC)/C=c3\[n-]/c(c(C)c3CC)=C\2)[C@@H](CCC(=O)OC/C=C(/C)CCC)[C@@H]1C.[Mg+2]. The van der Waals surface area contributed by atoms with Gasteiger partial charge in [0.1, 0.15) is 12.5 Å². The number of rotatable bonds is 10. The van der Waals surface area contributed by atoms with Crippen molar-refractivity contribution >= 4 is 70.7 Å². The van der Waals surface area contributed by atoms with E-state index in [-0.39, 0.29) is 67.1 Å². The fourth-order valence-electron chi connectivity index (χ4n) is 7.77. The van der Waals surface area contributed by atoms with Gasteiger partial charge in [0, 0.05) is 12.0 Å². The molecule has 53 heavy (non-hydrogen) atoms. The first kappa shape index (κ1) is 41.5. The molecule has 6 rings (SSSR count). The van der Waals surface area contributed by atoms with Gasteiger partial charge in [-0.05, 0) is 70.4 Å². The van der Waals surface area contributed by atoms with Crippen LogP contribution in [0.3, 0.4) is 0 Å². The molecule has 0 unspecified atom stereocenters. The van der Waals surface area contributed by atoms with Crippen molar-refractivity contribution in [3.05, 3.63) is 102 Å². The number of Topliss-reactive ketones (excluding diaryl/α,β-unsaturated/α-hetero) is 1. The summed E-state index contributed by atoms with van der Waals surface area (Å²) in [6.07, 6.45) is 12.9. The van der Waals surface area contributed by atoms with Gasteiger partial charge in [-0.15, -0.1) is 33.5 Å². The van der Waals surface area contributed by atoms with Crippen molar-refractivity contribution in [2.24, 2.45) is 17.8 Å². The van der Waals surface area contributed by atoms with Crippen LogP contribution >= 0.6 is 0 Å². The Morgan fingerprint density at radius 1 is 0.943 bits per heavy atom. The van der Waals surface area contributed by atoms with E-state index >= 15 is 0 Å². The van der Waals surface area contributed by atoms with Gasteiger partial charge in [-0.25, -0.2) is 0 Å². The minimum absolute atomic E-state index is 0. The summed E-state index contributed by atoms with van der Waals surface area (Å²) in [4.78, 5) is 55.8. The summed E-state index contributed by atoms with van der Waals surface area (Å²) < 4.78 is 10.8. The number of hydrogen-bond acceptors (Lipinski definition) is 5. The van der Waals surface area contributed by atoms with E-state index in [2.05, 4.69) is 34.3 Å². The van der Waals surface area contributed by atoms with Crippen molar-refractivity contribution < 1.29 is 23.9 Å². The van der Waals surface area contributed by atoms with Gasteiger partial charge < -0.3 is 29.7 Å². The fraction of sp³-hybridized carbons (Fsp3) is 0.419. The molecule has 9 nitrogen and oxygen atoms in total. The number of fused-ring (bicyclic) bond motifs is 7. The molecule has 1 saturated heterocycles. The molecule has 8 bridgehead atoms. The summed E-state index contributed by atoms with van der Waals surface area (Å²) in [5, 5.41) is 6.77. The van der Waals surface area contributed by atoms with Crippen LogP contribution in [0.5, 0.6) is 0 Å². The first-order chi connectivity index (χ1) is 24.4. The number of allylic oxidation sites excluding steroid dienone is 3. The summed E-state index contributed by atoms with van der Waals surface area (Å²) in [5.41, 5.74) is 10.6. The zero-order chi connectivity index (χ0) is 36.7. The summed E-state index contributed by atoms with van der Waals surface area (Å²) in [5.74, 6) is -3.04. The zero-order valence-electron chi connectivity index (χ0n) is 31.6. The van der Waals surface area contributed by atoms with Crippen molar-refractivity contribution in [3.8, 4) is 0 Å². The van der Waals surface area contributed by atoms with Crippen LogP contribution in [0.4, 0.5) is 0 Å². The van der Waals surface area contributed by atoms with Crippen LogP contribution in [-0.4, -0.2) is 54.5 Å². The standard InChI is InChI=1S/C42H47N4O5.CH4.Mg/c1-10-13-21(4)16-17-51-35(47)15-14-28-24(7)31-18-29-22(5)26(11-2)33(43-29)19-30-23(6)27(12-3)34(44-30)20-32-25(8)36-40(46-32)37(39(28)45-31)38(41(36)48)42(49)50-9;;/h11,16,18-20,24,28,38H,2,10,12-15,17H2,1,3-9H3,(H-,45,46,48);1H4;/q-3;;+2/p-1/b21-16-,30-19-,31-18-,34-20-;;/t24-,28-,38+;;/m0../s1. The number of ketones is 1. The molecule has 0 amide bonds. The minimum Gasteiger partial charge on any atom is -0.664 e. The van der Waals surface area contributed by atoms with E-state index < -0.39 is 11.9 Å². The predicted molar refractivity (Wildman–Crippen MR) is 211 cm³/mol. The van der Waals surface area contributed by atoms with Gasteiger partial charge in [0.25, 0.3) is 0 Å². The maximum absolute atomic E-state index is 14.2. The Morgan fingerprint density at radius 2 is 1.64 bits per heavy atom. The van der Waals surface area contributed by atoms with E-state index in [4.69, 9.17) is 29.7 Å². The number of esters is 2. The second kappa shape index (κ2) is 16.8. The molecule has 0 radical (unpaired) electrons. The van der Waals surface area contributed by atoms with Crippen molar-refractivity contribution in [1.82, 2.24) is 15.0 Å². The largest absolute Gasteiger partial charge is 2.00 e. The van der Waals surface area contributed by atoms with Crippen LogP contribution in [0.2, 0.25) is 0 Å². The predicted octanol–water partition coefficient (Wildman–Crippen LogP) is 6.36. The molecule has 3 aromatic rings. The van der Waals surface area contributed by atoms with Crippen molar-refractivity contribution in [2.75, 3.05) is 13.7 Å². The third kappa shape index (κ3) is 7.45. The number of ether oxygens (including phenoxy) is 2. The Kier molecular flexibility index (Phi) is 13.2. The van der Waals surface area contributed by atoms with Crippen LogP contribution in [0.25, 0.3) is 35.2 Å². The van der Waals surface area contributed by atoms with Gasteiger partial charge in [-0.3, -0.25) is 14.4 Å². The first-order valence-corrected chi connectivity index (χ1v) is 17.9. The Bertz CT molecular complexity index is 2170. The molecular formula is C43H50MgN4O5-2. The number of methoxy groups -OCH3 is 1. The van der Waals surface area contributed by atoms with E-state index in [1.807, 2.05) is 51.2 Å². The molecule has 3 atom stereocenters. The average molecular weight is 727 g/mol. The van der Waals surface area contributed by atoms with Crippen molar-refractivity contribution in [1.29, 1.82) is 0 Å². The monoisotopic (exact) mass is 726 g/mol. The normalized spacial score (nSPS) is 22.3. The summed E-state index contributed by atoms with van der Waals surface area (Å²) in [6, 6.07) is 0. The van der Waals surface area contributed by atoms with E-state index in [1.165, 1.54) is 12.7 Å². The molecular weight excluding hydrogens is 677 g/mol. The Morgan fingerprint density at radius 3 is 2.30 bits per heavy atom. The van der Waals surface area contributed by atoms with Crippen LogP contribution in [0.15, 0.2) is 29.6 Å². The maximum atomic E-state index is 14.2. The molecule has 3 aromatic heterocycles. The number of nitrogens with zero attached hydrogens (tertiary/aromatic N) is 4. The average Bonchev–Trinajstić information content (AvgIpc) is 3.84. The smallest absolute Gasteiger partial charge is 0.664 e. The van der Waals surface area contributed by atoms with Gasteiger partial charge in [0.15, 0.2) is 5.78 Å². The molecule has 0 N–H and O–H groups in total. The molecule has 2 aliphatic heterocycles. The van der Waals surface area contributed by atoms with E-state index in [0.717, 1.165) is 69.3 Å². The molecule has 3 aliphatic rings. The summed E-state index contributed by atoms with van der Waals surface area (Å²) in [7, 11) is 1.28. The molecule has 0 aromatic carbocycles. The quantitative estimate of drug-likeness (QED) is 0.102. The van der Waals surface area contributed by atoms with Crippen LogP contribution in [-0.2, 0) is 25.5 Å². The second-order valence-corrected chi connectivity index (χ2v) is 13.8. The number of hydrogen-bond donors (Lipinski definition) is 0. The third-order valence-corrected chi connectivity index (χ3v) is 10.7. The Balaban J connectivity index is 0.00000314. The first-order valence-electron chi connectivity index (χ1n) is 17.9. The van der Waals surface area contributed by atoms with Gasteiger partial charge in [0.2, 0.25) is 0 Å². The molecule has 1 aliphatic carbocycles. The Hall–Kier alpha value is -4.28. The number of carbonyl (C=O) groups is 3. The van der Waals surface area contributed by atoms with Crippen molar-refractivity contribution in [3.63, 3.8) is 0 Å². The van der Waals surface area contributed by atoms with Crippen molar-refractivity contribution in [2.45, 2.75) is 88.0 Å². The fourth-order valence-corrected chi connectivity index (χ4v) is 7.77. The second-order valence-electron chi connectivity index (χ2n) is 13.8. The van der Waals surface area contributed by atoms with E-state index in [0.29, 0.717) is 40.2 Å².